The van der Waals surface area contributed by atoms with Gasteiger partial charge in [-0.3, -0.25) is 9.89 Å². The number of nitrogens with one attached hydrogen (secondary N) is 1. The molecule has 3 aromatic rings. The number of aromatic nitrogens is 3. The SMILES string of the molecule is O=C(/C=C/c1[nH]nc2ncccc12)N(CCCO)c1ccccc1. The van der Waals surface area contributed by atoms with Gasteiger partial charge < -0.3 is 10.0 Å². The van der Waals surface area contributed by atoms with Crippen LogP contribution in [0.2, 0.25) is 0 Å². The molecule has 0 radical (unpaired) electrons. The number of anilines is 1. The molecule has 1 amide bonds. The van der Waals surface area contributed by atoms with Crippen LogP contribution in [0.5, 0.6) is 0 Å². The van der Waals surface area contributed by atoms with Crippen molar-refractivity contribution in [3.05, 3.63) is 60.4 Å². The molecule has 0 aliphatic carbocycles. The van der Waals surface area contributed by atoms with Gasteiger partial charge in [0.1, 0.15) is 0 Å². The van der Waals surface area contributed by atoms with Crippen molar-refractivity contribution in [1.82, 2.24) is 15.2 Å². The highest BCUT2D eigenvalue weighted by molar-refractivity contribution is 6.04. The van der Waals surface area contributed by atoms with Crippen molar-refractivity contribution < 1.29 is 9.90 Å². The number of nitrogens with zero attached hydrogens (tertiary/aromatic N) is 3. The molecule has 1 aromatic carbocycles. The van der Waals surface area contributed by atoms with E-state index >= 15 is 0 Å². The Kier molecular flexibility index (Phi) is 4.98. The molecule has 24 heavy (non-hydrogen) atoms. The van der Waals surface area contributed by atoms with Gasteiger partial charge in [0.15, 0.2) is 5.65 Å². The van der Waals surface area contributed by atoms with Gasteiger partial charge in [0, 0.05) is 36.5 Å². The predicted molar refractivity (Wildman–Crippen MR) is 93.4 cm³/mol. The van der Waals surface area contributed by atoms with Crippen molar-refractivity contribution in [2.75, 3.05) is 18.1 Å². The van der Waals surface area contributed by atoms with Crippen molar-refractivity contribution in [2.45, 2.75) is 6.42 Å². The molecule has 2 N–H and O–H groups in total. The molecule has 0 spiro atoms. The number of hydrogen-bond acceptors (Lipinski definition) is 4. The molecule has 2 heterocycles. The summed E-state index contributed by atoms with van der Waals surface area (Å²) >= 11 is 0. The van der Waals surface area contributed by atoms with Gasteiger partial charge in [-0.2, -0.15) is 5.10 Å². The highest BCUT2D eigenvalue weighted by atomic mass is 16.3. The number of fused-ring (bicyclic) bond motifs is 1. The van der Waals surface area contributed by atoms with Gasteiger partial charge >= 0.3 is 0 Å². The lowest BCUT2D eigenvalue weighted by atomic mass is 10.2. The second-order valence-electron chi connectivity index (χ2n) is 5.25. The zero-order chi connectivity index (χ0) is 16.8. The Balaban J connectivity index is 1.82. The van der Waals surface area contributed by atoms with Crippen molar-refractivity contribution in [1.29, 1.82) is 0 Å². The molecular formula is C18H18N4O2. The summed E-state index contributed by atoms with van der Waals surface area (Å²) in [7, 11) is 0. The number of carbonyl (C=O) groups is 1. The summed E-state index contributed by atoms with van der Waals surface area (Å²) < 4.78 is 0. The van der Waals surface area contributed by atoms with E-state index in [1.807, 2.05) is 42.5 Å². The van der Waals surface area contributed by atoms with E-state index in [-0.39, 0.29) is 12.5 Å². The van der Waals surface area contributed by atoms with Crippen molar-refractivity contribution in [3.8, 4) is 0 Å². The van der Waals surface area contributed by atoms with Gasteiger partial charge in [-0.05, 0) is 36.8 Å². The molecule has 0 bridgehead atoms. The summed E-state index contributed by atoms with van der Waals surface area (Å²) in [6.45, 7) is 0.492. The average molecular weight is 322 g/mol. The number of rotatable bonds is 6. The van der Waals surface area contributed by atoms with Gasteiger partial charge in [-0.15, -0.1) is 0 Å². The third-order valence-electron chi connectivity index (χ3n) is 3.63. The lowest BCUT2D eigenvalue weighted by molar-refractivity contribution is -0.114. The molecule has 3 rings (SSSR count). The summed E-state index contributed by atoms with van der Waals surface area (Å²) in [5, 5.41) is 16.9. The highest BCUT2D eigenvalue weighted by Gasteiger charge is 2.12. The standard InChI is InChI=1S/C18H18N4O2/c23-13-5-12-22(14-6-2-1-3-7-14)17(24)10-9-16-15-8-4-11-19-18(15)21-20-16/h1-4,6-11,23H,5,12-13H2,(H,19,20,21)/b10-9+. The van der Waals surface area contributed by atoms with Crippen LogP contribution in [-0.4, -0.2) is 39.3 Å². The molecule has 0 saturated heterocycles. The summed E-state index contributed by atoms with van der Waals surface area (Å²) in [6, 6.07) is 13.1. The van der Waals surface area contributed by atoms with E-state index in [0.29, 0.717) is 18.6 Å². The Morgan fingerprint density at radius 2 is 2.04 bits per heavy atom. The summed E-state index contributed by atoms with van der Waals surface area (Å²) in [6.07, 6.45) is 5.40. The average Bonchev–Trinajstić information content (AvgIpc) is 3.04. The van der Waals surface area contributed by atoms with Gasteiger partial charge in [0.25, 0.3) is 5.91 Å². The first-order valence-electron chi connectivity index (χ1n) is 7.74. The van der Waals surface area contributed by atoms with Crippen LogP contribution in [0.1, 0.15) is 12.1 Å². The first kappa shape index (κ1) is 15.9. The van der Waals surface area contributed by atoms with E-state index < -0.39 is 0 Å². The Bertz CT molecular complexity index is 842. The molecule has 0 aliphatic rings. The first-order chi connectivity index (χ1) is 11.8. The lowest BCUT2D eigenvalue weighted by Crippen LogP contribution is -2.30. The summed E-state index contributed by atoms with van der Waals surface area (Å²) in [5.74, 6) is -0.152. The smallest absolute Gasteiger partial charge is 0.251 e. The third-order valence-corrected chi connectivity index (χ3v) is 3.63. The number of para-hydroxylation sites is 1. The molecular weight excluding hydrogens is 304 g/mol. The maximum atomic E-state index is 12.6. The Morgan fingerprint density at radius 1 is 1.21 bits per heavy atom. The van der Waals surface area contributed by atoms with E-state index in [0.717, 1.165) is 16.8 Å². The maximum Gasteiger partial charge on any atom is 0.251 e. The number of aliphatic hydroxyl groups excluding tert-OH is 1. The van der Waals surface area contributed by atoms with Crippen LogP contribution in [0, 0.1) is 0 Å². The topological polar surface area (TPSA) is 82.1 Å². The molecule has 0 atom stereocenters. The van der Waals surface area contributed by atoms with Gasteiger partial charge in [-0.1, -0.05) is 18.2 Å². The fourth-order valence-electron chi connectivity index (χ4n) is 2.44. The van der Waals surface area contributed by atoms with Crippen LogP contribution in [0.15, 0.2) is 54.7 Å². The van der Waals surface area contributed by atoms with Gasteiger partial charge in [0.2, 0.25) is 0 Å². The van der Waals surface area contributed by atoms with Crippen LogP contribution < -0.4 is 4.90 Å². The molecule has 122 valence electrons. The summed E-state index contributed by atoms with van der Waals surface area (Å²) in [4.78, 5) is 18.4. The Morgan fingerprint density at radius 3 is 2.83 bits per heavy atom. The largest absolute Gasteiger partial charge is 0.396 e. The number of H-pyrrole nitrogens is 1. The predicted octanol–water partition coefficient (Wildman–Crippen LogP) is 2.39. The minimum atomic E-state index is -0.152. The quantitative estimate of drug-likeness (QED) is 0.683. The van der Waals surface area contributed by atoms with Crippen LogP contribution in [0.3, 0.4) is 0 Å². The van der Waals surface area contributed by atoms with E-state index in [4.69, 9.17) is 5.11 Å². The number of aliphatic hydroxyl groups is 1. The number of hydrogen-bond donors (Lipinski definition) is 2. The second kappa shape index (κ2) is 7.52. The van der Waals surface area contributed by atoms with E-state index in [9.17, 15) is 4.79 Å². The number of aromatic amines is 1. The van der Waals surface area contributed by atoms with Crippen molar-refractivity contribution in [2.24, 2.45) is 0 Å². The molecule has 0 unspecified atom stereocenters. The van der Waals surface area contributed by atoms with Gasteiger partial charge in [0.05, 0.1) is 5.69 Å². The number of amides is 1. The number of pyridine rings is 1. The minimum absolute atomic E-state index is 0.0389. The fourth-order valence-corrected chi connectivity index (χ4v) is 2.44. The van der Waals surface area contributed by atoms with Crippen molar-refractivity contribution >= 4 is 28.7 Å². The lowest BCUT2D eigenvalue weighted by Gasteiger charge is -2.20. The molecule has 0 saturated carbocycles. The third kappa shape index (κ3) is 3.49. The molecule has 6 heteroatoms. The van der Waals surface area contributed by atoms with Crippen LogP contribution >= 0.6 is 0 Å². The second-order valence-corrected chi connectivity index (χ2v) is 5.25. The van der Waals surface area contributed by atoms with E-state index in [1.54, 1.807) is 17.2 Å². The zero-order valence-electron chi connectivity index (χ0n) is 13.1. The van der Waals surface area contributed by atoms with Crippen LogP contribution in [-0.2, 0) is 4.79 Å². The maximum absolute atomic E-state index is 12.6. The van der Waals surface area contributed by atoms with E-state index in [1.165, 1.54) is 6.08 Å². The molecule has 2 aromatic heterocycles. The van der Waals surface area contributed by atoms with Crippen LogP contribution in [0.25, 0.3) is 17.1 Å². The highest BCUT2D eigenvalue weighted by Crippen LogP contribution is 2.17. The molecule has 0 fully saturated rings. The first-order valence-corrected chi connectivity index (χ1v) is 7.74. The Labute approximate surface area is 139 Å². The number of benzene rings is 1. The zero-order valence-corrected chi connectivity index (χ0v) is 13.1. The van der Waals surface area contributed by atoms with Gasteiger partial charge in [-0.25, -0.2) is 4.98 Å². The fraction of sp³-hybridized carbons (Fsp3) is 0.167. The normalized spacial score (nSPS) is 11.2. The monoisotopic (exact) mass is 322 g/mol. The molecule has 6 nitrogen and oxygen atoms in total. The van der Waals surface area contributed by atoms with Crippen molar-refractivity contribution in [3.63, 3.8) is 0 Å². The Hall–Kier alpha value is -2.99. The summed E-state index contributed by atoms with van der Waals surface area (Å²) in [5.41, 5.74) is 2.16. The van der Waals surface area contributed by atoms with E-state index in [2.05, 4.69) is 15.2 Å². The molecule has 0 aliphatic heterocycles. The minimum Gasteiger partial charge on any atom is -0.396 e. The van der Waals surface area contributed by atoms with Crippen LogP contribution in [0.4, 0.5) is 5.69 Å². The number of carbonyl (C=O) groups excluding carboxylic acids is 1.